The number of nitrogens with zero attached hydrogens (tertiary/aromatic N) is 2. The lowest BCUT2D eigenvalue weighted by molar-refractivity contribution is -0.137. The van der Waals surface area contributed by atoms with Gasteiger partial charge in [0.25, 0.3) is 0 Å². The van der Waals surface area contributed by atoms with E-state index >= 15 is 0 Å². The van der Waals surface area contributed by atoms with Gasteiger partial charge >= 0.3 is 12.1 Å². The quantitative estimate of drug-likeness (QED) is 0.787. The van der Waals surface area contributed by atoms with E-state index in [-0.39, 0.29) is 28.1 Å². The molecule has 9 heteroatoms. The van der Waals surface area contributed by atoms with E-state index in [1.807, 2.05) is 0 Å². The molecular formula is C11H7Cl2F3N2O2. The molecule has 0 aliphatic heterocycles. The van der Waals surface area contributed by atoms with Crippen molar-refractivity contribution in [1.82, 2.24) is 9.38 Å². The molecule has 0 aliphatic carbocycles. The number of pyridine rings is 1. The van der Waals surface area contributed by atoms with E-state index in [0.29, 0.717) is 0 Å². The van der Waals surface area contributed by atoms with Crippen molar-refractivity contribution >= 4 is 34.8 Å². The third-order valence-electron chi connectivity index (χ3n) is 2.41. The monoisotopic (exact) mass is 326 g/mol. The summed E-state index contributed by atoms with van der Waals surface area (Å²) in [6, 6.07) is 0.717. The van der Waals surface area contributed by atoms with Crippen LogP contribution in [0.2, 0.25) is 10.2 Å². The van der Waals surface area contributed by atoms with E-state index in [1.54, 1.807) is 6.92 Å². The Bertz CT molecular complexity index is 682. The molecule has 0 bridgehead atoms. The number of fused-ring (bicyclic) bond motifs is 1. The zero-order valence-electron chi connectivity index (χ0n) is 9.96. The third kappa shape index (κ3) is 2.55. The Hall–Kier alpha value is -1.47. The first-order valence-electron chi connectivity index (χ1n) is 5.37. The van der Waals surface area contributed by atoms with Crippen LogP contribution in [0.1, 0.15) is 23.0 Å². The predicted octanol–water partition coefficient (Wildman–Crippen LogP) is 3.84. The van der Waals surface area contributed by atoms with Gasteiger partial charge in [-0.1, -0.05) is 23.2 Å². The molecule has 0 aliphatic rings. The van der Waals surface area contributed by atoms with Crippen molar-refractivity contribution in [2.24, 2.45) is 0 Å². The average molecular weight is 327 g/mol. The number of ether oxygens (including phenoxy) is 1. The highest BCUT2D eigenvalue weighted by atomic mass is 35.5. The second-order valence-electron chi connectivity index (χ2n) is 3.74. The van der Waals surface area contributed by atoms with E-state index in [4.69, 9.17) is 27.9 Å². The van der Waals surface area contributed by atoms with Crippen LogP contribution in [0, 0.1) is 0 Å². The summed E-state index contributed by atoms with van der Waals surface area (Å²) in [5.74, 6) is -0.828. The Balaban J connectivity index is 2.66. The van der Waals surface area contributed by atoms with Crippen molar-refractivity contribution in [3.05, 3.63) is 33.7 Å². The van der Waals surface area contributed by atoms with Gasteiger partial charge in [0.15, 0.2) is 11.3 Å². The van der Waals surface area contributed by atoms with Crippen molar-refractivity contribution in [2.75, 3.05) is 6.61 Å². The van der Waals surface area contributed by atoms with Crippen molar-refractivity contribution in [3.8, 4) is 0 Å². The first kappa shape index (κ1) is 14.9. The molecule has 2 aromatic heterocycles. The summed E-state index contributed by atoms with van der Waals surface area (Å²) in [6.45, 7) is 1.67. The van der Waals surface area contributed by atoms with Crippen LogP contribution in [0.3, 0.4) is 0 Å². The van der Waals surface area contributed by atoms with Crippen molar-refractivity contribution in [1.29, 1.82) is 0 Å². The number of carbonyl (C=O) groups excluding carboxylic acids is 1. The van der Waals surface area contributed by atoms with E-state index < -0.39 is 17.7 Å². The number of aromatic nitrogens is 2. The number of imidazole rings is 1. The molecule has 0 N–H and O–H groups in total. The molecular weight excluding hydrogens is 320 g/mol. The number of rotatable bonds is 2. The molecule has 108 valence electrons. The summed E-state index contributed by atoms with van der Waals surface area (Å²) < 4.78 is 43.7. The van der Waals surface area contributed by atoms with Gasteiger partial charge in [0.1, 0.15) is 5.15 Å². The van der Waals surface area contributed by atoms with E-state index in [2.05, 4.69) is 4.98 Å². The van der Waals surface area contributed by atoms with Gasteiger partial charge in [-0.25, -0.2) is 9.78 Å². The molecule has 0 fully saturated rings. The lowest BCUT2D eigenvalue weighted by Gasteiger charge is -2.08. The van der Waals surface area contributed by atoms with Crippen LogP contribution >= 0.6 is 23.2 Å². The highest BCUT2D eigenvalue weighted by molar-refractivity contribution is 6.35. The maximum atomic E-state index is 12.7. The number of hydrogen-bond acceptors (Lipinski definition) is 3. The number of hydrogen-bond donors (Lipinski definition) is 0. The molecule has 0 unspecified atom stereocenters. The van der Waals surface area contributed by atoms with Gasteiger partial charge in [0, 0.05) is 6.20 Å². The molecule has 0 saturated carbocycles. The Morgan fingerprint density at radius 1 is 1.45 bits per heavy atom. The lowest BCUT2D eigenvalue weighted by atomic mass is 10.3. The van der Waals surface area contributed by atoms with E-state index in [0.717, 1.165) is 16.7 Å². The summed E-state index contributed by atoms with van der Waals surface area (Å²) in [4.78, 5) is 15.4. The van der Waals surface area contributed by atoms with Gasteiger partial charge in [-0.15, -0.1) is 0 Å². The Labute approximate surface area is 121 Å². The highest BCUT2D eigenvalue weighted by Gasteiger charge is 2.33. The summed E-state index contributed by atoms with van der Waals surface area (Å²) in [7, 11) is 0. The molecule has 0 atom stereocenters. The minimum absolute atomic E-state index is 0.0484. The lowest BCUT2D eigenvalue weighted by Crippen LogP contribution is -2.07. The summed E-state index contributed by atoms with van der Waals surface area (Å²) in [5.41, 5.74) is -1.33. The second-order valence-corrected chi connectivity index (χ2v) is 4.50. The molecule has 0 amide bonds. The van der Waals surface area contributed by atoms with Crippen LogP contribution in [0.5, 0.6) is 0 Å². The topological polar surface area (TPSA) is 43.6 Å². The Morgan fingerprint density at radius 3 is 2.65 bits per heavy atom. The molecule has 0 spiro atoms. The minimum Gasteiger partial charge on any atom is -0.461 e. The molecule has 2 heterocycles. The van der Waals surface area contributed by atoms with E-state index in [9.17, 15) is 18.0 Å². The van der Waals surface area contributed by atoms with Crippen molar-refractivity contribution in [2.45, 2.75) is 13.1 Å². The number of esters is 1. The smallest absolute Gasteiger partial charge is 0.417 e. The predicted molar refractivity (Wildman–Crippen MR) is 66.2 cm³/mol. The Morgan fingerprint density at radius 2 is 2.10 bits per heavy atom. The van der Waals surface area contributed by atoms with Gasteiger partial charge in [0.2, 0.25) is 0 Å². The molecule has 4 nitrogen and oxygen atoms in total. The molecule has 0 saturated heterocycles. The number of alkyl halides is 3. The zero-order valence-corrected chi connectivity index (χ0v) is 11.5. The second kappa shape index (κ2) is 5.14. The number of carbonyl (C=O) groups is 1. The minimum atomic E-state index is -4.59. The van der Waals surface area contributed by atoms with Crippen LogP contribution in [-0.4, -0.2) is 22.0 Å². The Kier molecular flexibility index (Phi) is 3.84. The van der Waals surface area contributed by atoms with Gasteiger partial charge in [-0.3, -0.25) is 4.40 Å². The van der Waals surface area contributed by atoms with Crippen molar-refractivity contribution in [3.63, 3.8) is 0 Å². The third-order valence-corrected chi connectivity index (χ3v) is 3.05. The standard InChI is InChI=1S/C11H7Cl2F3N2O2/c1-2-20-10(19)7-8(13)18-4-5(11(14,15)16)3-6(12)9(18)17-7/h3-4H,2H2,1H3. The van der Waals surface area contributed by atoms with Gasteiger partial charge < -0.3 is 4.74 Å². The highest BCUT2D eigenvalue weighted by Crippen LogP contribution is 2.34. The first-order valence-corrected chi connectivity index (χ1v) is 6.12. The fourth-order valence-electron chi connectivity index (χ4n) is 1.56. The molecule has 2 aromatic rings. The molecule has 0 aromatic carbocycles. The largest absolute Gasteiger partial charge is 0.461 e. The summed E-state index contributed by atoms with van der Waals surface area (Å²) in [6.07, 6.45) is -3.87. The fraction of sp³-hybridized carbons (Fsp3) is 0.273. The van der Waals surface area contributed by atoms with Gasteiger partial charge in [-0.2, -0.15) is 13.2 Å². The van der Waals surface area contributed by atoms with Crippen LogP contribution < -0.4 is 0 Å². The SMILES string of the molecule is CCOC(=O)c1nc2c(Cl)cc(C(F)(F)F)cn2c1Cl. The number of halogens is 5. The van der Waals surface area contributed by atoms with Crippen molar-refractivity contribution < 1.29 is 22.7 Å². The maximum Gasteiger partial charge on any atom is 0.417 e. The van der Waals surface area contributed by atoms with Crippen LogP contribution in [-0.2, 0) is 10.9 Å². The summed E-state index contributed by atoms with van der Waals surface area (Å²) >= 11 is 11.6. The van der Waals surface area contributed by atoms with Gasteiger partial charge in [0.05, 0.1) is 17.2 Å². The molecule has 0 radical (unpaired) electrons. The van der Waals surface area contributed by atoms with E-state index in [1.165, 1.54) is 0 Å². The van der Waals surface area contributed by atoms with Crippen LogP contribution in [0.25, 0.3) is 5.65 Å². The van der Waals surface area contributed by atoms with Gasteiger partial charge in [-0.05, 0) is 13.0 Å². The van der Waals surface area contributed by atoms with Crippen LogP contribution in [0.4, 0.5) is 13.2 Å². The fourth-order valence-corrected chi connectivity index (χ4v) is 2.06. The van der Waals surface area contributed by atoms with Crippen LogP contribution in [0.15, 0.2) is 12.3 Å². The molecule has 2 rings (SSSR count). The normalized spacial score (nSPS) is 11.9. The maximum absolute atomic E-state index is 12.7. The molecule has 20 heavy (non-hydrogen) atoms. The summed E-state index contributed by atoms with van der Waals surface area (Å²) in [5, 5.41) is -0.552. The first-order chi connectivity index (χ1) is 9.25. The zero-order chi connectivity index (χ0) is 15.1. The average Bonchev–Trinajstić information content (AvgIpc) is 2.67.